The second-order valence-corrected chi connectivity index (χ2v) is 10.7. The number of hydrogen-bond acceptors (Lipinski definition) is 7. The molecule has 3 heterocycles. The van der Waals surface area contributed by atoms with Crippen molar-refractivity contribution in [2.45, 2.75) is 63.3 Å². The van der Waals surface area contributed by atoms with Crippen molar-refractivity contribution in [1.29, 1.82) is 0 Å². The third-order valence-electron chi connectivity index (χ3n) is 7.86. The molecule has 0 unspecified atom stereocenters. The number of ether oxygens (including phenoxy) is 1. The number of rotatable bonds is 8. The fraction of sp³-hybridized carbons (Fsp3) is 0.519. The number of aromatic nitrogens is 3. The Balaban J connectivity index is 1.32. The number of aliphatic hydroxyl groups is 1. The minimum atomic E-state index is -1.19. The highest BCUT2D eigenvalue weighted by Gasteiger charge is 2.55. The van der Waals surface area contributed by atoms with Crippen molar-refractivity contribution in [1.82, 2.24) is 20.0 Å². The van der Waals surface area contributed by atoms with Gasteiger partial charge in [0.25, 0.3) is 5.89 Å². The Kier molecular flexibility index (Phi) is 5.32. The van der Waals surface area contributed by atoms with Gasteiger partial charge in [0, 0.05) is 36.5 Å². The SMILES string of the molecule is CN1CC(C)([C@](O)(c2ccc(C3CC3)cc2)c2cncc(-c3nc(COC4CCC4)no3)c2)C1. The van der Waals surface area contributed by atoms with Gasteiger partial charge in [0.2, 0.25) is 0 Å². The van der Waals surface area contributed by atoms with Gasteiger partial charge in [-0.3, -0.25) is 4.98 Å². The molecule has 0 spiro atoms. The molecule has 1 saturated heterocycles. The topological polar surface area (TPSA) is 84.5 Å². The first-order valence-electron chi connectivity index (χ1n) is 12.4. The van der Waals surface area contributed by atoms with Crippen molar-refractivity contribution in [3.63, 3.8) is 0 Å². The molecule has 1 aromatic carbocycles. The highest BCUT2D eigenvalue weighted by atomic mass is 16.5. The summed E-state index contributed by atoms with van der Waals surface area (Å²) in [6.45, 7) is 4.09. The maximum Gasteiger partial charge on any atom is 0.259 e. The predicted molar refractivity (Wildman–Crippen MR) is 127 cm³/mol. The first kappa shape index (κ1) is 21.9. The van der Waals surface area contributed by atoms with E-state index < -0.39 is 5.60 Å². The second-order valence-electron chi connectivity index (χ2n) is 10.7. The normalized spacial score (nSPS) is 22.1. The average molecular weight is 461 g/mol. The molecule has 2 saturated carbocycles. The van der Waals surface area contributed by atoms with Gasteiger partial charge >= 0.3 is 0 Å². The lowest BCUT2D eigenvalue weighted by molar-refractivity contribution is -0.127. The van der Waals surface area contributed by atoms with Gasteiger partial charge in [-0.15, -0.1) is 0 Å². The van der Waals surface area contributed by atoms with Crippen LogP contribution < -0.4 is 0 Å². The molecule has 7 nitrogen and oxygen atoms in total. The summed E-state index contributed by atoms with van der Waals surface area (Å²) in [7, 11) is 2.08. The van der Waals surface area contributed by atoms with E-state index in [1.54, 1.807) is 12.4 Å². The highest BCUT2D eigenvalue weighted by Crippen LogP contribution is 2.51. The van der Waals surface area contributed by atoms with Crippen LogP contribution in [0, 0.1) is 5.41 Å². The van der Waals surface area contributed by atoms with Gasteiger partial charge in [0.1, 0.15) is 12.2 Å². The lowest BCUT2D eigenvalue weighted by atomic mass is 9.62. The van der Waals surface area contributed by atoms with E-state index in [0.717, 1.165) is 37.1 Å². The minimum absolute atomic E-state index is 0.314. The highest BCUT2D eigenvalue weighted by molar-refractivity contribution is 5.55. The molecule has 0 bridgehead atoms. The molecular formula is C27H32N4O3. The summed E-state index contributed by atoms with van der Waals surface area (Å²) in [5.41, 5.74) is 2.15. The zero-order valence-electron chi connectivity index (χ0n) is 19.9. The summed E-state index contributed by atoms with van der Waals surface area (Å²) in [5, 5.41) is 16.5. The number of benzene rings is 1. The maximum atomic E-state index is 12.4. The van der Waals surface area contributed by atoms with Crippen LogP contribution in [0.4, 0.5) is 0 Å². The fourth-order valence-electron chi connectivity index (χ4n) is 5.57. The van der Waals surface area contributed by atoms with E-state index in [9.17, 15) is 5.11 Å². The molecule has 1 atom stereocenters. The monoisotopic (exact) mass is 460 g/mol. The van der Waals surface area contributed by atoms with Crippen LogP contribution in [0.3, 0.4) is 0 Å². The first-order chi connectivity index (χ1) is 16.4. The smallest absolute Gasteiger partial charge is 0.259 e. The molecule has 1 N–H and O–H groups in total. The molecule has 3 fully saturated rings. The van der Waals surface area contributed by atoms with E-state index in [2.05, 4.69) is 58.3 Å². The predicted octanol–water partition coefficient (Wildman–Crippen LogP) is 4.27. The Morgan fingerprint density at radius 1 is 1.12 bits per heavy atom. The van der Waals surface area contributed by atoms with Crippen molar-refractivity contribution in [3.8, 4) is 11.5 Å². The lowest BCUT2D eigenvalue weighted by Crippen LogP contribution is -2.63. The molecule has 2 aromatic heterocycles. The van der Waals surface area contributed by atoms with Crippen LogP contribution in [0.1, 0.15) is 67.5 Å². The van der Waals surface area contributed by atoms with Crippen LogP contribution in [0.2, 0.25) is 0 Å². The van der Waals surface area contributed by atoms with Gasteiger partial charge in [-0.1, -0.05) is 36.3 Å². The van der Waals surface area contributed by atoms with Crippen LogP contribution in [0.5, 0.6) is 0 Å². The van der Waals surface area contributed by atoms with Crippen LogP contribution in [-0.4, -0.2) is 51.4 Å². The molecular weight excluding hydrogens is 428 g/mol. The van der Waals surface area contributed by atoms with E-state index in [4.69, 9.17) is 9.26 Å². The van der Waals surface area contributed by atoms with Gasteiger partial charge in [-0.05, 0) is 62.3 Å². The molecule has 2 aliphatic carbocycles. The van der Waals surface area contributed by atoms with Crippen molar-refractivity contribution >= 4 is 0 Å². The number of likely N-dealkylation sites (tertiary alicyclic amines) is 1. The molecule has 6 rings (SSSR count). The van der Waals surface area contributed by atoms with Crippen molar-refractivity contribution in [2.75, 3.05) is 20.1 Å². The summed E-state index contributed by atoms with van der Waals surface area (Å²) in [5.74, 6) is 1.60. The van der Waals surface area contributed by atoms with E-state index in [1.807, 2.05) is 6.07 Å². The zero-order chi connectivity index (χ0) is 23.3. The molecule has 0 amide bonds. The van der Waals surface area contributed by atoms with Gasteiger partial charge in [0.05, 0.1) is 11.7 Å². The Hall–Kier alpha value is -2.61. The van der Waals surface area contributed by atoms with Crippen molar-refractivity contribution < 1.29 is 14.4 Å². The number of hydrogen-bond donors (Lipinski definition) is 1. The Labute approximate surface area is 200 Å². The summed E-state index contributed by atoms with van der Waals surface area (Å²) in [6, 6.07) is 10.5. The average Bonchev–Trinajstić information content (AvgIpc) is 3.55. The van der Waals surface area contributed by atoms with Gasteiger partial charge in [-0.2, -0.15) is 4.98 Å². The Morgan fingerprint density at radius 3 is 2.53 bits per heavy atom. The van der Waals surface area contributed by atoms with Crippen molar-refractivity contribution in [3.05, 3.63) is 65.2 Å². The Morgan fingerprint density at radius 2 is 1.88 bits per heavy atom. The summed E-state index contributed by atoms with van der Waals surface area (Å²) in [4.78, 5) is 11.2. The summed E-state index contributed by atoms with van der Waals surface area (Å²) in [6.07, 6.45) is 9.73. The third kappa shape index (κ3) is 3.76. The van der Waals surface area contributed by atoms with Gasteiger partial charge in [-0.25, -0.2) is 0 Å². The quantitative estimate of drug-likeness (QED) is 0.537. The number of pyridine rings is 1. The van der Waals surface area contributed by atoms with E-state index in [-0.39, 0.29) is 5.41 Å². The first-order valence-corrected chi connectivity index (χ1v) is 12.4. The third-order valence-corrected chi connectivity index (χ3v) is 7.86. The molecule has 178 valence electrons. The molecule has 1 aliphatic heterocycles. The van der Waals surface area contributed by atoms with E-state index in [1.165, 1.54) is 24.8 Å². The minimum Gasteiger partial charge on any atom is -0.380 e. The fourth-order valence-corrected chi connectivity index (χ4v) is 5.57. The van der Waals surface area contributed by atoms with Crippen LogP contribution in [-0.2, 0) is 16.9 Å². The molecule has 3 aliphatic rings. The van der Waals surface area contributed by atoms with Crippen LogP contribution in [0.25, 0.3) is 11.5 Å². The molecule has 34 heavy (non-hydrogen) atoms. The lowest BCUT2D eigenvalue weighted by Gasteiger charge is -2.55. The van der Waals surface area contributed by atoms with E-state index >= 15 is 0 Å². The van der Waals surface area contributed by atoms with Crippen LogP contribution >= 0.6 is 0 Å². The van der Waals surface area contributed by atoms with Gasteiger partial charge in [0.15, 0.2) is 5.82 Å². The molecule has 0 radical (unpaired) electrons. The Bertz CT molecular complexity index is 1160. The van der Waals surface area contributed by atoms with Crippen molar-refractivity contribution in [2.24, 2.45) is 5.41 Å². The second kappa shape index (κ2) is 8.26. The summed E-state index contributed by atoms with van der Waals surface area (Å²) >= 11 is 0. The molecule has 3 aromatic rings. The molecule has 7 heteroatoms. The van der Waals surface area contributed by atoms with E-state index in [0.29, 0.717) is 35.9 Å². The zero-order valence-corrected chi connectivity index (χ0v) is 19.9. The largest absolute Gasteiger partial charge is 0.380 e. The summed E-state index contributed by atoms with van der Waals surface area (Å²) < 4.78 is 11.3. The van der Waals surface area contributed by atoms with Crippen LogP contribution in [0.15, 0.2) is 47.2 Å². The number of nitrogens with zero attached hydrogens (tertiary/aromatic N) is 4. The maximum absolute atomic E-state index is 12.4. The van der Waals surface area contributed by atoms with Gasteiger partial charge < -0.3 is 19.3 Å². The standard InChI is InChI=1S/C27H32N4O3/c1-26(16-31(2)17-26)27(32,21-10-8-19(9-11-21)18-6-7-18)22-12-20(13-28-14-22)25-29-24(30-34-25)15-33-23-4-3-5-23/h8-14,18,23,32H,3-7,15-17H2,1-2H3/t27-/m0/s1.